The standard InChI is InChI=1S/C32H27BrN2O9/c1-40-24(36)18-22(30(37)41-2)26(23-12-8-9-17-34-23)35(21-10-6-5-7-11-21)27-25(31(38)42-3)29(32(39)43-4)44-28(27)19-13-15-20(33)16-14-19/h5-18,26H,1-4H3/b22-18-. The number of carbonyl (C=O) groups excluding carboxylic acids is 4. The highest BCUT2D eigenvalue weighted by molar-refractivity contribution is 9.10. The Hall–Kier alpha value is -5.23. The highest BCUT2D eigenvalue weighted by Crippen LogP contribution is 2.48. The average molecular weight is 663 g/mol. The number of aromatic nitrogens is 1. The zero-order valence-corrected chi connectivity index (χ0v) is 25.7. The number of benzene rings is 2. The number of hydrogen-bond acceptors (Lipinski definition) is 11. The molecule has 0 aliphatic rings. The first-order chi connectivity index (χ1) is 21.2. The molecule has 4 aromatic rings. The van der Waals surface area contributed by atoms with Gasteiger partial charge in [-0.1, -0.05) is 52.3 Å². The third-order valence-corrected chi connectivity index (χ3v) is 6.97. The zero-order chi connectivity index (χ0) is 31.8. The molecule has 0 amide bonds. The minimum atomic E-state index is -1.24. The van der Waals surface area contributed by atoms with Crippen molar-refractivity contribution in [3.63, 3.8) is 0 Å². The van der Waals surface area contributed by atoms with Crippen LogP contribution in [0.25, 0.3) is 11.3 Å². The molecule has 0 N–H and O–H groups in total. The van der Waals surface area contributed by atoms with Crippen LogP contribution in [0.2, 0.25) is 0 Å². The van der Waals surface area contributed by atoms with E-state index in [1.54, 1.807) is 77.7 Å². The van der Waals surface area contributed by atoms with Gasteiger partial charge >= 0.3 is 23.9 Å². The van der Waals surface area contributed by atoms with Gasteiger partial charge in [-0.05, 0) is 36.4 Å². The van der Waals surface area contributed by atoms with E-state index in [0.29, 0.717) is 11.3 Å². The molecular weight excluding hydrogens is 636 g/mol. The van der Waals surface area contributed by atoms with Crippen LogP contribution in [0.5, 0.6) is 0 Å². The molecule has 0 radical (unpaired) electrons. The number of furan rings is 1. The number of anilines is 2. The van der Waals surface area contributed by atoms with Crippen LogP contribution in [-0.2, 0) is 28.5 Å². The molecule has 2 heterocycles. The van der Waals surface area contributed by atoms with Gasteiger partial charge in [0, 0.05) is 28.0 Å². The number of carbonyl (C=O) groups is 4. The summed E-state index contributed by atoms with van der Waals surface area (Å²) in [5, 5.41) is 0. The van der Waals surface area contributed by atoms with E-state index in [1.807, 2.05) is 0 Å². The van der Waals surface area contributed by atoms with Crippen LogP contribution in [0.4, 0.5) is 11.4 Å². The molecular formula is C32H27BrN2O9. The van der Waals surface area contributed by atoms with Crippen molar-refractivity contribution in [3.8, 4) is 11.3 Å². The van der Waals surface area contributed by atoms with E-state index in [9.17, 15) is 19.2 Å². The molecule has 0 aliphatic carbocycles. The number of methoxy groups -OCH3 is 4. The van der Waals surface area contributed by atoms with Gasteiger partial charge < -0.3 is 28.3 Å². The maximum Gasteiger partial charge on any atom is 0.374 e. The number of halogens is 1. The van der Waals surface area contributed by atoms with E-state index in [2.05, 4.69) is 20.9 Å². The number of rotatable bonds is 10. The molecule has 0 saturated heterocycles. The van der Waals surface area contributed by atoms with Crippen LogP contribution in [-0.4, -0.2) is 57.3 Å². The molecule has 0 spiro atoms. The zero-order valence-electron chi connectivity index (χ0n) is 24.1. The summed E-state index contributed by atoms with van der Waals surface area (Å²) in [6, 6.07) is 19.3. The van der Waals surface area contributed by atoms with Crippen molar-refractivity contribution in [2.75, 3.05) is 33.3 Å². The van der Waals surface area contributed by atoms with Crippen molar-refractivity contribution < 1.29 is 42.5 Å². The Morgan fingerprint density at radius 2 is 1.48 bits per heavy atom. The molecule has 1 unspecified atom stereocenters. The van der Waals surface area contributed by atoms with Crippen LogP contribution >= 0.6 is 15.9 Å². The third-order valence-electron chi connectivity index (χ3n) is 6.44. The van der Waals surface area contributed by atoms with Gasteiger partial charge in [-0.2, -0.15) is 0 Å². The molecule has 226 valence electrons. The second-order valence-corrected chi connectivity index (χ2v) is 9.87. The fraction of sp³-hybridized carbons (Fsp3) is 0.156. The number of nitrogens with zero attached hydrogens (tertiary/aromatic N) is 2. The molecule has 4 rings (SSSR count). The van der Waals surface area contributed by atoms with Crippen molar-refractivity contribution in [1.82, 2.24) is 4.98 Å². The summed E-state index contributed by atoms with van der Waals surface area (Å²) in [7, 11) is 4.62. The molecule has 2 aromatic carbocycles. The van der Waals surface area contributed by atoms with Crippen molar-refractivity contribution in [2.45, 2.75) is 6.04 Å². The van der Waals surface area contributed by atoms with Gasteiger partial charge in [0.25, 0.3) is 0 Å². The summed E-state index contributed by atoms with van der Waals surface area (Å²) in [6.45, 7) is 0. The summed E-state index contributed by atoms with van der Waals surface area (Å²) in [5.41, 5.74) is 0.699. The molecule has 1 atom stereocenters. The van der Waals surface area contributed by atoms with Crippen LogP contribution in [0.3, 0.4) is 0 Å². The lowest BCUT2D eigenvalue weighted by Gasteiger charge is -2.34. The lowest BCUT2D eigenvalue weighted by Crippen LogP contribution is -2.31. The second-order valence-electron chi connectivity index (χ2n) is 8.95. The Bertz CT molecular complexity index is 1680. The van der Waals surface area contributed by atoms with E-state index < -0.39 is 35.7 Å². The monoisotopic (exact) mass is 662 g/mol. The van der Waals surface area contributed by atoms with Gasteiger partial charge in [0.1, 0.15) is 17.3 Å². The first-order valence-electron chi connectivity index (χ1n) is 13.0. The lowest BCUT2D eigenvalue weighted by atomic mass is 9.96. The fourth-order valence-corrected chi connectivity index (χ4v) is 4.76. The third kappa shape index (κ3) is 6.55. The molecule has 0 aliphatic heterocycles. The maximum absolute atomic E-state index is 13.5. The lowest BCUT2D eigenvalue weighted by molar-refractivity contribution is -0.138. The number of ether oxygens (including phenoxy) is 4. The summed E-state index contributed by atoms with van der Waals surface area (Å²) >= 11 is 3.42. The Balaban J connectivity index is 2.24. The van der Waals surface area contributed by atoms with Gasteiger partial charge in [0.15, 0.2) is 5.76 Å². The van der Waals surface area contributed by atoms with Gasteiger partial charge in [-0.15, -0.1) is 0 Å². The number of hydrogen-bond donors (Lipinski definition) is 0. The summed E-state index contributed by atoms with van der Waals surface area (Å²) in [6.07, 6.45) is 2.49. The Labute approximate surface area is 261 Å². The molecule has 0 saturated carbocycles. The summed E-state index contributed by atoms with van der Waals surface area (Å²) in [4.78, 5) is 58.7. The largest absolute Gasteiger partial charge is 0.466 e. The number of pyridine rings is 1. The fourth-order valence-electron chi connectivity index (χ4n) is 4.49. The van der Waals surface area contributed by atoms with E-state index in [0.717, 1.165) is 39.0 Å². The van der Waals surface area contributed by atoms with Crippen molar-refractivity contribution in [3.05, 3.63) is 112 Å². The molecule has 0 fully saturated rings. The maximum atomic E-state index is 13.5. The quantitative estimate of drug-likeness (QED) is 0.115. The minimum absolute atomic E-state index is 0.0288. The van der Waals surface area contributed by atoms with E-state index in [-0.39, 0.29) is 28.3 Å². The van der Waals surface area contributed by atoms with Crippen LogP contribution < -0.4 is 4.90 Å². The first-order valence-corrected chi connectivity index (χ1v) is 13.8. The Morgan fingerprint density at radius 1 is 0.818 bits per heavy atom. The predicted octanol–water partition coefficient (Wildman–Crippen LogP) is 5.83. The van der Waals surface area contributed by atoms with Crippen molar-refractivity contribution in [2.24, 2.45) is 0 Å². The van der Waals surface area contributed by atoms with E-state index in [4.69, 9.17) is 23.4 Å². The van der Waals surface area contributed by atoms with Gasteiger partial charge in [0.05, 0.1) is 39.7 Å². The summed E-state index contributed by atoms with van der Waals surface area (Å²) in [5.74, 6) is -3.98. The smallest absolute Gasteiger partial charge is 0.374 e. The SMILES string of the molecule is COC(=O)/C=C(\C(=O)OC)C(c1ccccn1)N(c1ccccc1)c1c(-c2ccc(Br)cc2)oc(C(=O)OC)c1C(=O)OC. The van der Waals surface area contributed by atoms with Gasteiger partial charge in [-0.25, -0.2) is 19.2 Å². The highest BCUT2D eigenvalue weighted by Gasteiger charge is 2.41. The van der Waals surface area contributed by atoms with Crippen LogP contribution in [0.1, 0.15) is 32.6 Å². The second kappa shape index (κ2) is 14.3. The topological polar surface area (TPSA) is 134 Å². The Morgan fingerprint density at radius 3 is 2.05 bits per heavy atom. The highest BCUT2D eigenvalue weighted by atomic mass is 79.9. The summed E-state index contributed by atoms with van der Waals surface area (Å²) < 4.78 is 27.0. The minimum Gasteiger partial charge on any atom is -0.466 e. The van der Waals surface area contributed by atoms with Gasteiger partial charge in [0.2, 0.25) is 5.76 Å². The molecule has 44 heavy (non-hydrogen) atoms. The molecule has 0 bridgehead atoms. The number of esters is 4. The van der Waals surface area contributed by atoms with Gasteiger partial charge in [-0.3, -0.25) is 4.98 Å². The number of para-hydroxylation sites is 1. The van der Waals surface area contributed by atoms with Crippen LogP contribution in [0.15, 0.2) is 99.5 Å². The predicted molar refractivity (Wildman–Crippen MR) is 162 cm³/mol. The normalized spacial score (nSPS) is 11.7. The molecule has 11 nitrogen and oxygen atoms in total. The van der Waals surface area contributed by atoms with Crippen LogP contribution in [0, 0.1) is 0 Å². The van der Waals surface area contributed by atoms with E-state index >= 15 is 0 Å². The molecule has 2 aromatic heterocycles. The van der Waals surface area contributed by atoms with Crippen molar-refractivity contribution >= 4 is 51.2 Å². The molecule has 12 heteroatoms. The first kappa shape index (κ1) is 31.7. The Kier molecular flexibility index (Phi) is 10.3. The average Bonchev–Trinajstić information content (AvgIpc) is 3.46. The van der Waals surface area contributed by atoms with Crippen molar-refractivity contribution in [1.29, 1.82) is 0 Å². The van der Waals surface area contributed by atoms with E-state index in [1.165, 1.54) is 6.20 Å².